The van der Waals surface area contributed by atoms with E-state index in [9.17, 15) is 4.79 Å². The first-order chi connectivity index (χ1) is 9.24. The molecule has 0 radical (unpaired) electrons. The Hall–Kier alpha value is -1.46. The number of rotatable bonds is 3. The summed E-state index contributed by atoms with van der Waals surface area (Å²) in [6.07, 6.45) is 1.07. The minimum Gasteiger partial charge on any atom is -0.348 e. The van der Waals surface area contributed by atoms with Crippen molar-refractivity contribution in [2.24, 2.45) is 5.92 Å². The van der Waals surface area contributed by atoms with E-state index in [0.717, 1.165) is 23.5 Å². The minimum absolute atomic E-state index is 0.0469. The number of thiazole rings is 1. The molecule has 2 heterocycles. The first kappa shape index (κ1) is 12.6. The molecule has 100 valence electrons. The summed E-state index contributed by atoms with van der Waals surface area (Å²) < 4.78 is 1.17. The van der Waals surface area contributed by atoms with Gasteiger partial charge in [0.1, 0.15) is 5.01 Å². The zero-order valence-electron chi connectivity index (χ0n) is 10.8. The van der Waals surface area contributed by atoms with Gasteiger partial charge in [-0.2, -0.15) is 0 Å². The molecule has 1 fully saturated rings. The predicted molar refractivity (Wildman–Crippen MR) is 77.0 cm³/mol. The van der Waals surface area contributed by atoms with Gasteiger partial charge in [0.15, 0.2) is 0 Å². The molecule has 2 aromatic rings. The van der Waals surface area contributed by atoms with Crippen molar-refractivity contribution in [3.63, 3.8) is 0 Å². The molecule has 2 unspecified atom stereocenters. The van der Waals surface area contributed by atoms with Crippen molar-refractivity contribution in [1.29, 1.82) is 0 Å². The molecule has 0 aliphatic carbocycles. The Labute approximate surface area is 116 Å². The number of hydrogen-bond acceptors (Lipinski definition) is 4. The lowest BCUT2D eigenvalue weighted by Gasteiger charge is -2.14. The third-order valence-corrected chi connectivity index (χ3v) is 4.60. The summed E-state index contributed by atoms with van der Waals surface area (Å²) in [6.45, 7) is 3.56. The van der Waals surface area contributed by atoms with Crippen molar-refractivity contribution in [3.8, 4) is 0 Å². The van der Waals surface area contributed by atoms with Crippen LogP contribution >= 0.6 is 11.3 Å². The summed E-state index contributed by atoms with van der Waals surface area (Å²) in [6, 6.07) is 7.99. The van der Waals surface area contributed by atoms with E-state index >= 15 is 0 Å². The van der Waals surface area contributed by atoms with Crippen LogP contribution in [-0.2, 0) is 11.3 Å². The summed E-state index contributed by atoms with van der Waals surface area (Å²) >= 11 is 1.64. The third-order valence-electron chi connectivity index (χ3n) is 3.57. The van der Waals surface area contributed by atoms with Crippen LogP contribution in [-0.4, -0.2) is 23.5 Å². The molecule has 1 amide bonds. The zero-order valence-corrected chi connectivity index (χ0v) is 11.7. The molecule has 1 aliphatic heterocycles. The number of carbonyl (C=O) groups excluding carboxylic acids is 1. The lowest BCUT2D eigenvalue weighted by molar-refractivity contribution is -0.123. The highest BCUT2D eigenvalue weighted by molar-refractivity contribution is 7.18. The van der Waals surface area contributed by atoms with E-state index in [0.29, 0.717) is 12.5 Å². The van der Waals surface area contributed by atoms with Crippen LogP contribution in [0.15, 0.2) is 24.3 Å². The number of para-hydroxylation sites is 1. The molecule has 19 heavy (non-hydrogen) atoms. The van der Waals surface area contributed by atoms with Crippen molar-refractivity contribution in [1.82, 2.24) is 15.6 Å². The molecule has 1 aromatic heterocycles. The third kappa shape index (κ3) is 2.62. The Morgan fingerprint density at radius 3 is 3.11 bits per heavy atom. The van der Waals surface area contributed by atoms with Crippen LogP contribution in [0, 0.1) is 5.92 Å². The number of nitrogens with zero attached hydrogens (tertiary/aromatic N) is 1. The maximum Gasteiger partial charge on any atom is 0.237 e. The molecule has 0 bridgehead atoms. The fraction of sp³-hybridized carbons (Fsp3) is 0.429. The van der Waals surface area contributed by atoms with Crippen LogP contribution in [0.5, 0.6) is 0 Å². The van der Waals surface area contributed by atoms with Gasteiger partial charge in [0.05, 0.1) is 22.8 Å². The van der Waals surface area contributed by atoms with Crippen LogP contribution in [0.2, 0.25) is 0 Å². The molecule has 1 saturated heterocycles. The number of benzene rings is 1. The molecule has 2 atom stereocenters. The van der Waals surface area contributed by atoms with E-state index in [1.54, 1.807) is 11.3 Å². The van der Waals surface area contributed by atoms with Gasteiger partial charge in [-0.25, -0.2) is 4.98 Å². The summed E-state index contributed by atoms with van der Waals surface area (Å²) in [5.74, 6) is 0.500. The SMILES string of the molecule is CC1CCNC1C(=O)NCc1nc2ccccc2s1. The van der Waals surface area contributed by atoms with Gasteiger partial charge in [0.25, 0.3) is 0 Å². The van der Waals surface area contributed by atoms with E-state index in [1.807, 2.05) is 18.2 Å². The maximum atomic E-state index is 12.0. The van der Waals surface area contributed by atoms with E-state index in [4.69, 9.17) is 0 Å². The van der Waals surface area contributed by atoms with Gasteiger partial charge in [-0.15, -0.1) is 11.3 Å². The van der Waals surface area contributed by atoms with Crippen molar-refractivity contribution >= 4 is 27.5 Å². The molecule has 2 N–H and O–H groups in total. The summed E-state index contributed by atoms with van der Waals surface area (Å²) in [4.78, 5) is 16.6. The molecular weight excluding hydrogens is 258 g/mol. The van der Waals surface area contributed by atoms with Crippen LogP contribution < -0.4 is 10.6 Å². The zero-order chi connectivity index (χ0) is 13.2. The Balaban J connectivity index is 1.64. The Kier molecular flexibility index (Phi) is 3.48. The van der Waals surface area contributed by atoms with Gasteiger partial charge in [0.2, 0.25) is 5.91 Å². The Morgan fingerprint density at radius 1 is 1.53 bits per heavy atom. The second kappa shape index (κ2) is 5.27. The topological polar surface area (TPSA) is 54.0 Å². The number of aromatic nitrogens is 1. The fourth-order valence-corrected chi connectivity index (χ4v) is 3.36. The lowest BCUT2D eigenvalue weighted by atomic mass is 10.0. The van der Waals surface area contributed by atoms with Crippen molar-refractivity contribution in [2.45, 2.75) is 25.9 Å². The molecule has 0 saturated carbocycles. The van der Waals surface area contributed by atoms with Gasteiger partial charge in [-0.3, -0.25) is 4.79 Å². The molecule has 0 spiro atoms. The first-order valence-electron chi connectivity index (χ1n) is 6.59. The quantitative estimate of drug-likeness (QED) is 0.899. The van der Waals surface area contributed by atoms with Crippen molar-refractivity contribution in [2.75, 3.05) is 6.54 Å². The standard InChI is InChI=1S/C14H17N3OS/c1-9-6-7-15-13(9)14(18)16-8-12-17-10-4-2-3-5-11(10)19-12/h2-5,9,13,15H,6-8H2,1H3,(H,16,18). The van der Waals surface area contributed by atoms with Gasteiger partial charge >= 0.3 is 0 Å². The maximum absolute atomic E-state index is 12.0. The van der Waals surface area contributed by atoms with Gasteiger partial charge < -0.3 is 10.6 Å². The van der Waals surface area contributed by atoms with Crippen LogP contribution in [0.1, 0.15) is 18.4 Å². The van der Waals surface area contributed by atoms with Crippen molar-refractivity contribution in [3.05, 3.63) is 29.3 Å². The van der Waals surface area contributed by atoms with Crippen LogP contribution in [0.4, 0.5) is 0 Å². The normalized spacial score (nSPS) is 22.8. The number of hydrogen-bond donors (Lipinski definition) is 2. The van der Waals surface area contributed by atoms with Gasteiger partial charge in [-0.05, 0) is 31.0 Å². The van der Waals surface area contributed by atoms with E-state index in [2.05, 4.69) is 28.6 Å². The van der Waals surface area contributed by atoms with E-state index in [-0.39, 0.29) is 11.9 Å². The number of amides is 1. The van der Waals surface area contributed by atoms with E-state index < -0.39 is 0 Å². The summed E-state index contributed by atoms with van der Waals surface area (Å²) in [5.41, 5.74) is 1.00. The predicted octanol–water partition coefficient (Wildman–Crippen LogP) is 1.91. The molecule has 1 aromatic carbocycles. The van der Waals surface area contributed by atoms with Crippen molar-refractivity contribution < 1.29 is 4.79 Å². The second-order valence-electron chi connectivity index (χ2n) is 4.99. The highest BCUT2D eigenvalue weighted by Gasteiger charge is 2.28. The number of nitrogens with one attached hydrogen (secondary N) is 2. The largest absolute Gasteiger partial charge is 0.348 e. The first-order valence-corrected chi connectivity index (χ1v) is 7.41. The fourth-order valence-electron chi connectivity index (χ4n) is 2.45. The summed E-state index contributed by atoms with van der Waals surface area (Å²) in [7, 11) is 0. The smallest absolute Gasteiger partial charge is 0.237 e. The Bertz CT molecular complexity index is 562. The van der Waals surface area contributed by atoms with Crippen LogP contribution in [0.25, 0.3) is 10.2 Å². The molecule has 3 rings (SSSR count). The molecule has 1 aliphatic rings. The minimum atomic E-state index is -0.0469. The second-order valence-corrected chi connectivity index (χ2v) is 6.11. The number of fused-ring (bicyclic) bond motifs is 1. The molecule has 4 nitrogen and oxygen atoms in total. The molecule has 5 heteroatoms. The summed E-state index contributed by atoms with van der Waals surface area (Å²) in [5, 5.41) is 7.18. The highest BCUT2D eigenvalue weighted by Crippen LogP contribution is 2.21. The molecular formula is C14H17N3OS. The number of carbonyl (C=O) groups is 1. The monoisotopic (exact) mass is 275 g/mol. The highest BCUT2D eigenvalue weighted by atomic mass is 32.1. The average Bonchev–Trinajstić information content (AvgIpc) is 3.01. The Morgan fingerprint density at radius 2 is 2.37 bits per heavy atom. The van der Waals surface area contributed by atoms with Gasteiger partial charge in [0, 0.05) is 0 Å². The van der Waals surface area contributed by atoms with Gasteiger partial charge in [-0.1, -0.05) is 19.1 Å². The average molecular weight is 275 g/mol. The van der Waals surface area contributed by atoms with E-state index in [1.165, 1.54) is 4.70 Å². The lowest BCUT2D eigenvalue weighted by Crippen LogP contribution is -2.42. The van der Waals surface area contributed by atoms with Crippen LogP contribution in [0.3, 0.4) is 0 Å².